The molecule has 0 atom stereocenters. The van der Waals surface area contributed by atoms with E-state index >= 15 is 0 Å². The minimum Gasteiger partial charge on any atom is -0.398 e. The maximum atomic E-state index is 12.0. The highest BCUT2D eigenvalue weighted by Crippen LogP contribution is 2.15. The van der Waals surface area contributed by atoms with E-state index in [1.54, 1.807) is 24.4 Å². The highest BCUT2D eigenvalue weighted by Gasteiger charge is 2.10. The molecule has 0 spiro atoms. The van der Waals surface area contributed by atoms with Crippen LogP contribution >= 0.6 is 11.6 Å². The molecule has 2 rings (SSSR count). The van der Waals surface area contributed by atoms with E-state index in [9.17, 15) is 4.79 Å². The van der Waals surface area contributed by atoms with Gasteiger partial charge in [-0.1, -0.05) is 23.7 Å². The molecule has 0 bridgehead atoms. The monoisotopic (exact) mass is 246 g/mol. The van der Waals surface area contributed by atoms with Gasteiger partial charge in [-0.25, -0.2) is 0 Å². The summed E-state index contributed by atoms with van der Waals surface area (Å²) in [6.07, 6.45) is 3.36. The molecular formula is C13H11ClN2O. The van der Waals surface area contributed by atoms with E-state index in [1.807, 2.05) is 12.1 Å². The number of halogens is 1. The van der Waals surface area contributed by atoms with Crippen molar-refractivity contribution < 1.29 is 4.79 Å². The van der Waals surface area contributed by atoms with Gasteiger partial charge >= 0.3 is 0 Å². The Hall–Kier alpha value is -1.87. The molecule has 0 amide bonds. The van der Waals surface area contributed by atoms with Gasteiger partial charge in [-0.3, -0.25) is 9.78 Å². The Bertz CT molecular complexity index is 537. The Kier molecular flexibility index (Phi) is 3.40. The fraction of sp³-hybridized carbons (Fsp3) is 0.0769. The van der Waals surface area contributed by atoms with Crippen molar-refractivity contribution in [3.63, 3.8) is 0 Å². The Balaban J connectivity index is 2.17. The SMILES string of the molecule is Nc1ccncc1C(=O)Cc1ccc(Cl)cc1. The lowest BCUT2D eigenvalue weighted by Gasteiger charge is -2.04. The predicted molar refractivity (Wildman–Crippen MR) is 68.1 cm³/mol. The van der Waals surface area contributed by atoms with Crippen LogP contribution in [-0.2, 0) is 6.42 Å². The summed E-state index contributed by atoms with van der Waals surface area (Å²) in [5.41, 5.74) is 7.54. The average molecular weight is 247 g/mol. The number of hydrogen-bond donors (Lipinski definition) is 1. The van der Waals surface area contributed by atoms with E-state index in [2.05, 4.69) is 4.98 Å². The first-order chi connectivity index (χ1) is 8.16. The molecule has 4 heteroatoms. The van der Waals surface area contributed by atoms with Gasteiger partial charge in [0.2, 0.25) is 0 Å². The average Bonchev–Trinajstić information content (AvgIpc) is 2.32. The number of benzene rings is 1. The van der Waals surface area contributed by atoms with Gasteiger partial charge in [0.15, 0.2) is 5.78 Å². The van der Waals surface area contributed by atoms with Crippen LogP contribution in [0.3, 0.4) is 0 Å². The molecule has 1 heterocycles. The molecule has 0 aliphatic carbocycles. The molecule has 0 aliphatic rings. The van der Waals surface area contributed by atoms with Crippen LogP contribution in [0.2, 0.25) is 5.02 Å². The van der Waals surface area contributed by atoms with Crippen molar-refractivity contribution >= 4 is 23.1 Å². The van der Waals surface area contributed by atoms with Gasteiger partial charge in [0.1, 0.15) is 0 Å². The molecule has 1 aromatic heterocycles. The standard InChI is InChI=1S/C13H11ClN2O/c14-10-3-1-9(2-4-10)7-13(17)11-8-16-6-5-12(11)15/h1-6,8H,7H2,(H2,15,16). The molecule has 3 nitrogen and oxygen atoms in total. The van der Waals surface area contributed by atoms with Crippen LogP contribution in [-0.4, -0.2) is 10.8 Å². The van der Waals surface area contributed by atoms with Crippen molar-refractivity contribution in [3.8, 4) is 0 Å². The third-order valence-corrected chi connectivity index (χ3v) is 2.69. The summed E-state index contributed by atoms with van der Waals surface area (Å²) in [6, 6.07) is 8.79. The zero-order valence-corrected chi connectivity index (χ0v) is 9.82. The molecule has 0 unspecified atom stereocenters. The van der Waals surface area contributed by atoms with Gasteiger partial charge in [0.25, 0.3) is 0 Å². The lowest BCUT2D eigenvalue weighted by Crippen LogP contribution is -2.07. The minimum absolute atomic E-state index is 0.0436. The van der Waals surface area contributed by atoms with Crippen LogP contribution in [0.25, 0.3) is 0 Å². The molecule has 17 heavy (non-hydrogen) atoms. The van der Waals surface area contributed by atoms with E-state index in [0.29, 0.717) is 22.7 Å². The molecule has 86 valence electrons. The first-order valence-corrected chi connectivity index (χ1v) is 5.52. The molecule has 0 saturated heterocycles. The van der Waals surface area contributed by atoms with E-state index in [-0.39, 0.29) is 5.78 Å². The molecule has 2 aromatic rings. The van der Waals surface area contributed by atoms with E-state index in [4.69, 9.17) is 17.3 Å². The lowest BCUT2D eigenvalue weighted by molar-refractivity contribution is 0.0993. The molecule has 1 aromatic carbocycles. The highest BCUT2D eigenvalue weighted by molar-refractivity contribution is 6.30. The summed E-state index contributed by atoms with van der Waals surface area (Å²) in [6.45, 7) is 0. The Morgan fingerprint density at radius 1 is 1.24 bits per heavy atom. The number of ketones is 1. The van der Waals surface area contributed by atoms with Crippen molar-refractivity contribution in [3.05, 3.63) is 58.9 Å². The van der Waals surface area contributed by atoms with Gasteiger partial charge in [-0.05, 0) is 23.8 Å². The largest absolute Gasteiger partial charge is 0.398 e. The van der Waals surface area contributed by atoms with Crippen molar-refractivity contribution in [1.82, 2.24) is 4.98 Å². The number of aromatic nitrogens is 1. The lowest BCUT2D eigenvalue weighted by atomic mass is 10.0. The molecule has 2 N–H and O–H groups in total. The van der Waals surface area contributed by atoms with Crippen LogP contribution in [0.1, 0.15) is 15.9 Å². The Morgan fingerprint density at radius 2 is 1.94 bits per heavy atom. The van der Waals surface area contributed by atoms with Crippen molar-refractivity contribution in [2.24, 2.45) is 0 Å². The number of nitrogens with two attached hydrogens (primary N) is 1. The van der Waals surface area contributed by atoms with E-state index in [1.165, 1.54) is 6.20 Å². The van der Waals surface area contributed by atoms with Gasteiger partial charge in [0, 0.05) is 29.5 Å². The summed E-state index contributed by atoms with van der Waals surface area (Å²) in [4.78, 5) is 15.9. The fourth-order valence-corrected chi connectivity index (χ4v) is 1.65. The normalized spacial score (nSPS) is 10.2. The molecule has 0 radical (unpaired) electrons. The van der Waals surface area contributed by atoms with Crippen molar-refractivity contribution in [2.45, 2.75) is 6.42 Å². The number of carbonyl (C=O) groups is 1. The summed E-state index contributed by atoms with van der Waals surface area (Å²) in [7, 11) is 0. The number of nitrogen functional groups attached to an aromatic ring is 1. The summed E-state index contributed by atoms with van der Waals surface area (Å²) >= 11 is 5.78. The van der Waals surface area contributed by atoms with Crippen LogP contribution in [0, 0.1) is 0 Å². The predicted octanol–water partition coefficient (Wildman–Crippen LogP) is 2.74. The smallest absolute Gasteiger partial charge is 0.170 e. The second-order valence-corrected chi connectivity index (χ2v) is 4.13. The first kappa shape index (κ1) is 11.6. The maximum absolute atomic E-state index is 12.0. The number of carbonyl (C=O) groups excluding carboxylic acids is 1. The number of nitrogens with zero attached hydrogens (tertiary/aromatic N) is 1. The van der Waals surface area contributed by atoms with Gasteiger partial charge in [-0.2, -0.15) is 0 Å². The maximum Gasteiger partial charge on any atom is 0.170 e. The fourth-order valence-electron chi connectivity index (χ4n) is 1.52. The summed E-state index contributed by atoms with van der Waals surface area (Å²) in [5.74, 6) is -0.0436. The topological polar surface area (TPSA) is 56.0 Å². The zero-order chi connectivity index (χ0) is 12.3. The Labute approximate surface area is 104 Å². The van der Waals surface area contributed by atoms with Gasteiger partial charge in [-0.15, -0.1) is 0 Å². The van der Waals surface area contributed by atoms with E-state index in [0.717, 1.165) is 5.56 Å². The number of Topliss-reactive ketones (excluding diaryl/α,β-unsaturated/α-hetero) is 1. The molecule has 0 fully saturated rings. The third-order valence-electron chi connectivity index (χ3n) is 2.43. The molecule has 0 aliphatic heterocycles. The third kappa shape index (κ3) is 2.82. The number of rotatable bonds is 3. The van der Waals surface area contributed by atoms with Crippen molar-refractivity contribution in [1.29, 1.82) is 0 Å². The van der Waals surface area contributed by atoms with Crippen LogP contribution in [0.15, 0.2) is 42.7 Å². The van der Waals surface area contributed by atoms with Crippen molar-refractivity contribution in [2.75, 3.05) is 5.73 Å². The van der Waals surface area contributed by atoms with Gasteiger partial charge in [0.05, 0.1) is 5.56 Å². The second-order valence-electron chi connectivity index (χ2n) is 3.69. The van der Waals surface area contributed by atoms with Crippen LogP contribution in [0.4, 0.5) is 5.69 Å². The number of hydrogen-bond acceptors (Lipinski definition) is 3. The number of pyridine rings is 1. The van der Waals surface area contributed by atoms with Crippen LogP contribution in [0.5, 0.6) is 0 Å². The molecular weight excluding hydrogens is 236 g/mol. The van der Waals surface area contributed by atoms with Crippen LogP contribution < -0.4 is 5.73 Å². The summed E-state index contributed by atoms with van der Waals surface area (Å²) < 4.78 is 0. The number of anilines is 1. The highest BCUT2D eigenvalue weighted by atomic mass is 35.5. The quantitative estimate of drug-likeness (QED) is 0.848. The molecule has 0 saturated carbocycles. The first-order valence-electron chi connectivity index (χ1n) is 5.14. The zero-order valence-electron chi connectivity index (χ0n) is 9.06. The van der Waals surface area contributed by atoms with E-state index < -0.39 is 0 Å². The van der Waals surface area contributed by atoms with Gasteiger partial charge < -0.3 is 5.73 Å². The summed E-state index contributed by atoms with van der Waals surface area (Å²) in [5, 5.41) is 0.655. The Morgan fingerprint density at radius 3 is 2.59 bits per heavy atom. The minimum atomic E-state index is -0.0436. The second kappa shape index (κ2) is 4.97.